The van der Waals surface area contributed by atoms with E-state index in [0.29, 0.717) is 5.57 Å². The lowest BCUT2D eigenvalue weighted by molar-refractivity contribution is -0.365. The van der Waals surface area contributed by atoms with Crippen molar-refractivity contribution in [1.29, 1.82) is 0 Å². The highest BCUT2D eigenvalue weighted by molar-refractivity contribution is 5.89. The van der Waals surface area contributed by atoms with Crippen molar-refractivity contribution >= 4 is 17.9 Å². The second-order valence-electron chi connectivity index (χ2n) is 13.0. The number of benzene rings is 1. The normalized spacial score (nSPS) is 42.1. The Kier molecular flexibility index (Phi) is 7.38. The molecular weight excluding hydrogens is 548 g/mol. The van der Waals surface area contributed by atoms with Gasteiger partial charge in [0, 0.05) is 37.5 Å². The van der Waals surface area contributed by atoms with E-state index in [1.165, 1.54) is 13.8 Å². The summed E-state index contributed by atoms with van der Waals surface area (Å²) in [5, 5.41) is 48.2. The maximum absolute atomic E-state index is 13.7. The summed E-state index contributed by atoms with van der Waals surface area (Å²) in [6, 6.07) is 8.12. The average molecular weight is 589 g/mol. The molecule has 1 heterocycles. The van der Waals surface area contributed by atoms with Gasteiger partial charge < -0.3 is 39.4 Å². The van der Waals surface area contributed by atoms with Crippen LogP contribution in [0.5, 0.6) is 0 Å². The first kappa shape index (κ1) is 30.6. The van der Waals surface area contributed by atoms with Gasteiger partial charge in [-0.05, 0) is 30.2 Å². The molecule has 6 unspecified atom stereocenters. The van der Waals surface area contributed by atoms with E-state index in [1.807, 2.05) is 0 Å². The number of aliphatic hydroxyl groups is 4. The fourth-order valence-corrected chi connectivity index (χ4v) is 8.15. The molecule has 3 fully saturated rings. The Hall–Kier alpha value is -2.83. The van der Waals surface area contributed by atoms with Crippen LogP contribution < -0.4 is 0 Å². The number of ether oxygens (including phenoxy) is 4. The molecule has 5 rings (SSSR count). The Bertz CT molecular complexity index is 1310. The van der Waals surface area contributed by atoms with Crippen LogP contribution in [0.3, 0.4) is 0 Å². The lowest BCUT2D eigenvalue weighted by Crippen LogP contribution is -2.82. The molecule has 10 atom stereocenters. The van der Waals surface area contributed by atoms with Crippen LogP contribution in [0.25, 0.3) is 0 Å². The lowest BCUT2D eigenvalue weighted by Gasteiger charge is -2.69. The predicted molar refractivity (Wildman–Crippen MR) is 146 cm³/mol. The van der Waals surface area contributed by atoms with Gasteiger partial charge in [0.25, 0.3) is 0 Å². The molecule has 0 spiro atoms. The number of fused-ring (bicyclic) bond motifs is 5. The van der Waals surface area contributed by atoms with Gasteiger partial charge in [-0.15, -0.1) is 0 Å². The smallest absolute Gasteiger partial charge is 0.338 e. The van der Waals surface area contributed by atoms with Crippen molar-refractivity contribution in [2.24, 2.45) is 16.7 Å². The van der Waals surface area contributed by atoms with Gasteiger partial charge in [-0.3, -0.25) is 9.59 Å². The molecule has 11 nitrogen and oxygen atoms in total. The van der Waals surface area contributed by atoms with Gasteiger partial charge in [-0.25, -0.2) is 4.79 Å². The van der Waals surface area contributed by atoms with Crippen molar-refractivity contribution < 1.29 is 53.8 Å². The summed E-state index contributed by atoms with van der Waals surface area (Å²) in [4.78, 5) is 38.7. The van der Waals surface area contributed by atoms with E-state index in [9.17, 15) is 34.8 Å². The summed E-state index contributed by atoms with van der Waals surface area (Å²) in [6.07, 6.45) is -8.39. The monoisotopic (exact) mass is 588 g/mol. The molecule has 1 saturated heterocycles. The summed E-state index contributed by atoms with van der Waals surface area (Å²) < 4.78 is 23.7. The maximum atomic E-state index is 13.7. The van der Waals surface area contributed by atoms with Gasteiger partial charge in [-0.2, -0.15) is 0 Å². The van der Waals surface area contributed by atoms with Crippen LogP contribution in [0.15, 0.2) is 41.5 Å². The first-order valence-electron chi connectivity index (χ1n) is 14.2. The van der Waals surface area contributed by atoms with E-state index in [-0.39, 0.29) is 30.6 Å². The van der Waals surface area contributed by atoms with Crippen LogP contribution in [0.1, 0.15) is 64.7 Å². The van der Waals surface area contributed by atoms with E-state index in [4.69, 9.17) is 18.9 Å². The molecule has 2 bridgehead atoms. The van der Waals surface area contributed by atoms with Crippen molar-refractivity contribution in [3.8, 4) is 0 Å². The third kappa shape index (κ3) is 4.16. The van der Waals surface area contributed by atoms with Crippen molar-refractivity contribution in [1.82, 2.24) is 0 Å². The Morgan fingerprint density at radius 3 is 2.17 bits per heavy atom. The van der Waals surface area contributed by atoms with Gasteiger partial charge in [0.15, 0.2) is 11.7 Å². The van der Waals surface area contributed by atoms with Crippen LogP contribution in [0.4, 0.5) is 0 Å². The fourth-order valence-electron chi connectivity index (χ4n) is 8.15. The summed E-state index contributed by atoms with van der Waals surface area (Å²) >= 11 is 0. The fraction of sp³-hybridized carbons (Fsp3) is 0.645. The summed E-state index contributed by atoms with van der Waals surface area (Å²) in [6.45, 7) is 8.75. The number of carbonyl (C=O) groups excluding carboxylic acids is 3. The second-order valence-corrected chi connectivity index (χ2v) is 13.0. The number of hydrogen-bond donors (Lipinski definition) is 4. The first-order valence-corrected chi connectivity index (χ1v) is 14.2. The van der Waals surface area contributed by atoms with Crippen molar-refractivity contribution in [3.05, 3.63) is 47.0 Å². The molecule has 42 heavy (non-hydrogen) atoms. The SMILES string of the molecule is CC(=O)OC1C2=C(C)C(O)C[C@@](O)(C(OC(=O)c3ccccc3)[C@H]3[C@@](C)(C(O)CC4OC[C@]43OC(C)=O)C1O)C2(C)C. The zero-order chi connectivity index (χ0) is 31.0. The maximum Gasteiger partial charge on any atom is 0.338 e. The molecule has 1 aliphatic heterocycles. The highest BCUT2D eigenvalue weighted by atomic mass is 16.6. The standard InChI is InChI=1S/C31H40O11/c1-15-19(34)13-31(38)26(41-27(37)18-10-8-7-9-11-18)24-29(6,20(35)12-21-30(24,14-39-21)42-17(3)33)25(36)23(40-16(2)32)22(15)28(31,4)5/h7-11,19-21,23-26,34-36,38H,12-14H2,1-6H3/t19?,20?,21?,23?,24-,25?,26?,29+,30-,31+/m0/s1. The summed E-state index contributed by atoms with van der Waals surface area (Å²) in [5.41, 5.74) is -5.84. The van der Waals surface area contributed by atoms with Gasteiger partial charge in [0.2, 0.25) is 0 Å². The molecule has 0 aromatic heterocycles. The third-order valence-electron chi connectivity index (χ3n) is 10.4. The Morgan fingerprint density at radius 1 is 0.976 bits per heavy atom. The Morgan fingerprint density at radius 2 is 1.62 bits per heavy atom. The molecule has 0 radical (unpaired) electrons. The Balaban J connectivity index is 1.83. The minimum atomic E-state index is -2.07. The minimum Gasteiger partial charge on any atom is -0.455 e. The van der Waals surface area contributed by atoms with E-state index < -0.39 is 82.5 Å². The number of aliphatic hydroxyl groups excluding tert-OH is 3. The van der Waals surface area contributed by atoms with E-state index >= 15 is 0 Å². The molecule has 2 saturated carbocycles. The van der Waals surface area contributed by atoms with Gasteiger partial charge >= 0.3 is 17.9 Å². The van der Waals surface area contributed by atoms with Crippen molar-refractivity contribution in [3.63, 3.8) is 0 Å². The molecule has 1 aromatic carbocycles. The van der Waals surface area contributed by atoms with Crippen molar-refractivity contribution in [2.75, 3.05) is 6.61 Å². The van der Waals surface area contributed by atoms with Crippen molar-refractivity contribution in [2.45, 2.75) is 102 Å². The molecule has 3 aliphatic carbocycles. The summed E-state index contributed by atoms with van der Waals surface area (Å²) in [7, 11) is 0. The highest BCUT2D eigenvalue weighted by Crippen LogP contribution is 2.65. The highest BCUT2D eigenvalue weighted by Gasteiger charge is 2.78. The zero-order valence-corrected chi connectivity index (χ0v) is 24.7. The largest absolute Gasteiger partial charge is 0.455 e. The second kappa shape index (κ2) is 10.1. The molecule has 11 heteroatoms. The van der Waals surface area contributed by atoms with Crippen LogP contribution in [0, 0.1) is 16.7 Å². The van der Waals surface area contributed by atoms with E-state index in [0.717, 1.165) is 0 Å². The number of hydrogen-bond acceptors (Lipinski definition) is 11. The number of esters is 3. The molecule has 1 aromatic rings. The first-order chi connectivity index (χ1) is 19.5. The molecule has 230 valence electrons. The quantitative estimate of drug-likeness (QED) is 0.228. The van der Waals surface area contributed by atoms with Crippen LogP contribution >= 0.6 is 0 Å². The molecule has 4 N–H and O–H groups in total. The number of carbonyl (C=O) groups is 3. The zero-order valence-electron chi connectivity index (χ0n) is 24.7. The van der Waals surface area contributed by atoms with Crippen LogP contribution in [0.2, 0.25) is 0 Å². The van der Waals surface area contributed by atoms with Crippen LogP contribution in [-0.4, -0.2) is 92.8 Å². The molecule has 4 aliphatic rings. The Labute approximate surface area is 244 Å². The van der Waals surface area contributed by atoms with Crippen LogP contribution in [-0.2, 0) is 28.5 Å². The predicted octanol–water partition coefficient (Wildman–Crippen LogP) is 1.44. The topological polar surface area (TPSA) is 169 Å². The number of rotatable bonds is 4. The van der Waals surface area contributed by atoms with Gasteiger partial charge in [-0.1, -0.05) is 39.0 Å². The lowest BCUT2D eigenvalue weighted by atomic mass is 9.44. The minimum absolute atomic E-state index is 0.0496. The van der Waals surface area contributed by atoms with E-state index in [2.05, 4.69) is 0 Å². The van der Waals surface area contributed by atoms with Gasteiger partial charge in [0.05, 0.1) is 30.3 Å². The molecule has 0 amide bonds. The third-order valence-corrected chi connectivity index (χ3v) is 10.4. The summed E-state index contributed by atoms with van der Waals surface area (Å²) in [5.74, 6) is -3.46. The van der Waals surface area contributed by atoms with Gasteiger partial charge in [0.1, 0.15) is 23.9 Å². The van der Waals surface area contributed by atoms with E-state index in [1.54, 1.807) is 58.0 Å². The molecular formula is C31H40O11. The average Bonchev–Trinajstić information content (AvgIpc) is 2.90.